The molecule has 0 saturated heterocycles. The molecule has 3 nitrogen and oxygen atoms in total. The van der Waals surface area contributed by atoms with E-state index in [9.17, 15) is 5.11 Å². The average Bonchev–Trinajstić information content (AvgIpc) is 2.66. The van der Waals surface area contributed by atoms with Crippen LogP contribution in [0.2, 0.25) is 5.02 Å². The van der Waals surface area contributed by atoms with Crippen LogP contribution < -0.4 is 4.74 Å². The van der Waals surface area contributed by atoms with Gasteiger partial charge in [-0.1, -0.05) is 35.9 Å². The molecule has 0 amide bonds. The summed E-state index contributed by atoms with van der Waals surface area (Å²) in [6, 6.07) is 16.1. The van der Waals surface area contributed by atoms with Crippen molar-refractivity contribution >= 4 is 11.6 Å². The van der Waals surface area contributed by atoms with Gasteiger partial charge >= 0.3 is 0 Å². The van der Waals surface area contributed by atoms with E-state index in [-0.39, 0.29) is 5.92 Å². The highest BCUT2D eigenvalue weighted by Crippen LogP contribution is 2.45. The van der Waals surface area contributed by atoms with Crippen LogP contribution in [0.25, 0.3) is 0 Å². The van der Waals surface area contributed by atoms with Crippen LogP contribution in [0.3, 0.4) is 0 Å². The summed E-state index contributed by atoms with van der Waals surface area (Å²) in [5.74, 6) is 1.60. The van der Waals surface area contributed by atoms with Crippen LogP contribution in [-0.2, 0) is 12.0 Å². The van der Waals surface area contributed by atoms with Gasteiger partial charge < -0.3 is 14.7 Å². The zero-order valence-electron chi connectivity index (χ0n) is 16.5. The van der Waals surface area contributed by atoms with Crippen molar-refractivity contribution in [1.29, 1.82) is 0 Å². The highest BCUT2D eigenvalue weighted by atomic mass is 35.5. The smallest absolute Gasteiger partial charge is 0.118 e. The molecule has 0 spiro atoms. The lowest BCUT2D eigenvalue weighted by molar-refractivity contribution is -0.0752. The molecule has 27 heavy (non-hydrogen) atoms. The molecule has 1 fully saturated rings. The van der Waals surface area contributed by atoms with E-state index in [0.29, 0.717) is 5.92 Å². The summed E-state index contributed by atoms with van der Waals surface area (Å²) in [4.78, 5) is 2.18. The van der Waals surface area contributed by atoms with Gasteiger partial charge in [0, 0.05) is 17.5 Å². The molecule has 3 rings (SSSR count). The molecular weight excluding hydrogens is 358 g/mol. The van der Waals surface area contributed by atoms with Crippen molar-refractivity contribution < 1.29 is 9.84 Å². The highest BCUT2D eigenvalue weighted by molar-refractivity contribution is 6.30. The fourth-order valence-corrected chi connectivity index (χ4v) is 4.53. The lowest BCUT2D eigenvalue weighted by atomic mass is 9.66. The third-order valence-electron chi connectivity index (χ3n) is 5.84. The van der Waals surface area contributed by atoms with Crippen LogP contribution in [0.5, 0.6) is 5.75 Å². The summed E-state index contributed by atoms with van der Waals surface area (Å²) in [5, 5.41) is 12.4. The third-order valence-corrected chi connectivity index (χ3v) is 6.09. The van der Waals surface area contributed by atoms with E-state index >= 15 is 0 Å². The van der Waals surface area contributed by atoms with E-state index in [1.165, 1.54) is 5.56 Å². The van der Waals surface area contributed by atoms with Crippen LogP contribution in [0, 0.1) is 11.8 Å². The van der Waals surface area contributed by atoms with Crippen LogP contribution in [-0.4, -0.2) is 37.8 Å². The molecule has 0 aromatic heterocycles. The van der Waals surface area contributed by atoms with E-state index < -0.39 is 5.60 Å². The molecule has 2 aromatic carbocycles. The van der Waals surface area contributed by atoms with Crippen molar-refractivity contribution in [3.05, 3.63) is 64.7 Å². The number of hydrogen-bond acceptors (Lipinski definition) is 3. The molecular formula is C23H30ClNO2. The Morgan fingerprint density at radius 3 is 2.37 bits per heavy atom. The molecule has 3 atom stereocenters. The monoisotopic (exact) mass is 387 g/mol. The Morgan fingerprint density at radius 1 is 1.11 bits per heavy atom. The quantitative estimate of drug-likeness (QED) is 0.775. The van der Waals surface area contributed by atoms with Crippen LogP contribution in [0.4, 0.5) is 0 Å². The van der Waals surface area contributed by atoms with E-state index in [2.05, 4.69) is 31.1 Å². The number of benzene rings is 2. The molecule has 2 aromatic rings. The maximum absolute atomic E-state index is 11.7. The zero-order valence-corrected chi connectivity index (χ0v) is 17.2. The van der Waals surface area contributed by atoms with Crippen molar-refractivity contribution in [3.8, 4) is 5.75 Å². The molecule has 4 heteroatoms. The van der Waals surface area contributed by atoms with Gasteiger partial charge in [-0.25, -0.2) is 0 Å². The SMILES string of the molecule is COc1ccc(C2(O)CCC(Cc3ccc(Cl)cc3)CC2CN(C)C)cc1. The van der Waals surface area contributed by atoms with Gasteiger partial charge in [0.1, 0.15) is 5.75 Å². The minimum Gasteiger partial charge on any atom is -0.497 e. The third kappa shape index (κ3) is 4.84. The topological polar surface area (TPSA) is 32.7 Å². The number of nitrogens with zero attached hydrogens (tertiary/aromatic N) is 1. The van der Waals surface area contributed by atoms with Gasteiger partial charge in [-0.2, -0.15) is 0 Å². The van der Waals surface area contributed by atoms with Gasteiger partial charge in [0.25, 0.3) is 0 Å². The number of hydrogen-bond donors (Lipinski definition) is 1. The molecule has 3 unspecified atom stereocenters. The Balaban J connectivity index is 1.78. The lowest BCUT2D eigenvalue weighted by Crippen LogP contribution is -2.45. The summed E-state index contributed by atoms with van der Waals surface area (Å²) < 4.78 is 5.27. The summed E-state index contributed by atoms with van der Waals surface area (Å²) in [5.41, 5.74) is 1.54. The Kier molecular flexibility index (Phi) is 6.46. The predicted molar refractivity (Wildman–Crippen MR) is 111 cm³/mol. The van der Waals surface area contributed by atoms with Gasteiger partial charge in [0.2, 0.25) is 0 Å². The zero-order chi connectivity index (χ0) is 19.4. The van der Waals surface area contributed by atoms with Crippen molar-refractivity contribution in [1.82, 2.24) is 4.90 Å². The largest absolute Gasteiger partial charge is 0.497 e. The van der Waals surface area contributed by atoms with E-state index in [1.54, 1.807) is 7.11 Å². The molecule has 1 aliphatic rings. The Hall–Kier alpha value is -1.55. The predicted octanol–water partition coefficient (Wildman–Crippen LogP) is 4.76. The van der Waals surface area contributed by atoms with Gasteiger partial charge in [0.15, 0.2) is 0 Å². The summed E-state index contributed by atoms with van der Waals surface area (Å²) in [7, 11) is 5.83. The first-order chi connectivity index (χ1) is 12.9. The van der Waals surface area contributed by atoms with E-state index in [1.807, 2.05) is 36.4 Å². The summed E-state index contributed by atoms with van der Waals surface area (Å²) >= 11 is 6.01. The Morgan fingerprint density at radius 2 is 1.78 bits per heavy atom. The average molecular weight is 388 g/mol. The van der Waals surface area contributed by atoms with Gasteiger partial charge in [-0.05, 0) is 81.1 Å². The van der Waals surface area contributed by atoms with Gasteiger partial charge in [-0.3, -0.25) is 0 Å². The number of rotatable bonds is 6. The fourth-order valence-electron chi connectivity index (χ4n) is 4.41. The van der Waals surface area contributed by atoms with E-state index in [4.69, 9.17) is 16.3 Å². The number of aliphatic hydroxyl groups is 1. The molecule has 0 heterocycles. The molecule has 0 aliphatic heterocycles. The fraction of sp³-hybridized carbons (Fsp3) is 0.478. The van der Waals surface area contributed by atoms with Crippen LogP contribution in [0.15, 0.2) is 48.5 Å². The first-order valence-corrected chi connectivity index (χ1v) is 10.0. The van der Waals surface area contributed by atoms with Crippen LogP contribution in [0.1, 0.15) is 30.4 Å². The molecule has 1 saturated carbocycles. The Bertz CT molecular complexity index is 729. The van der Waals surface area contributed by atoms with Crippen molar-refractivity contribution in [2.24, 2.45) is 11.8 Å². The lowest BCUT2D eigenvalue weighted by Gasteiger charge is -2.44. The second-order valence-electron chi connectivity index (χ2n) is 8.08. The number of halogens is 1. The minimum atomic E-state index is -0.785. The van der Waals surface area contributed by atoms with Gasteiger partial charge in [0.05, 0.1) is 12.7 Å². The molecule has 1 N–H and O–H groups in total. The van der Waals surface area contributed by atoms with Crippen molar-refractivity contribution in [3.63, 3.8) is 0 Å². The second-order valence-corrected chi connectivity index (χ2v) is 8.52. The summed E-state index contributed by atoms with van der Waals surface area (Å²) in [6.07, 6.45) is 3.87. The molecule has 0 radical (unpaired) electrons. The van der Waals surface area contributed by atoms with Crippen molar-refractivity contribution in [2.75, 3.05) is 27.7 Å². The molecule has 1 aliphatic carbocycles. The van der Waals surface area contributed by atoms with Crippen LogP contribution >= 0.6 is 11.6 Å². The number of methoxy groups -OCH3 is 1. The summed E-state index contributed by atoms with van der Waals surface area (Å²) in [6.45, 7) is 0.875. The van der Waals surface area contributed by atoms with Crippen molar-refractivity contribution in [2.45, 2.75) is 31.3 Å². The normalized spacial score (nSPS) is 25.6. The Labute approximate surface area is 167 Å². The first-order valence-electron chi connectivity index (χ1n) is 9.67. The highest BCUT2D eigenvalue weighted by Gasteiger charge is 2.43. The van der Waals surface area contributed by atoms with E-state index in [0.717, 1.165) is 48.6 Å². The maximum atomic E-state index is 11.7. The molecule has 146 valence electrons. The maximum Gasteiger partial charge on any atom is 0.118 e. The standard InChI is InChI=1S/C23H30ClNO2/c1-25(2)16-20-15-18(14-17-4-8-21(24)9-5-17)12-13-23(20,26)19-6-10-22(27-3)11-7-19/h4-11,18,20,26H,12-16H2,1-3H3. The molecule has 0 bridgehead atoms. The number of ether oxygens (including phenoxy) is 1. The minimum absolute atomic E-state index is 0.201. The second kappa shape index (κ2) is 8.64. The first kappa shape index (κ1) is 20.2. The van der Waals surface area contributed by atoms with Gasteiger partial charge in [-0.15, -0.1) is 0 Å².